The Balaban J connectivity index is 1.56. The van der Waals surface area contributed by atoms with Crippen LogP contribution in [0.3, 0.4) is 0 Å². The van der Waals surface area contributed by atoms with E-state index < -0.39 is 0 Å². The number of carbonyl (C=O) groups excluding carboxylic acids is 1. The Kier molecular flexibility index (Phi) is 4.57. The molecule has 0 bridgehead atoms. The Bertz CT molecular complexity index is 726. The lowest BCUT2D eigenvalue weighted by atomic mass is 10.1. The van der Waals surface area contributed by atoms with Gasteiger partial charge in [-0.2, -0.15) is 0 Å². The van der Waals surface area contributed by atoms with Gasteiger partial charge >= 0.3 is 0 Å². The number of fused-ring (bicyclic) bond motifs is 1. The van der Waals surface area contributed by atoms with Crippen molar-refractivity contribution in [2.45, 2.75) is 6.54 Å². The number of hydrogen-bond acceptors (Lipinski definition) is 3. The number of carbonyl (C=O) groups is 1. The van der Waals surface area contributed by atoms with Crippen molar-refractivity contribution < 1.29 is 18.7 Å². The molecule has 118 valence electrons. The van der Waals surface area contributed by atoms with Gasteiger partial charge < -0.3 is 14.8 Å². The molecule has 4 nitrogen and oxygen atoms in total. The number of amides is 1. The van der Waals surface area contributed by atoms with Crippen LogP contribution in [0.15, 0.2) is 48.5 Å². The monoisotopic (exact) mass is 313 g/mol. The maximum Gasteiger partial charge on any atom is 0.244 e. The van der Waals surface area contributed by atoms with Gasteiger partial charge in [0.2, 0.25) is 5.91 Å². The van der Waals surface area contributed by atoms with Crippen LogP contribution in [-0.4, -0.2) is 19.1 Å². The second-order valence-corrected chi connectivity index (χ2v) is 5.08. The summed E-state index contributed by atoms with van der Waals surface area (Å²) in [6, 6.07) is 11.5. The third-order valence-corrected chi connectivity index (χ3v) is 3.37. The highest BCUT2D eigenvalue weighted by atomic mass is 19.1. The minimum absolute atomic E-state index is 0.218. The third kappa shape index (κ3) is 4.10. The van der Waals surface area contributed by atoms with E-state index in [0.29, 0.717) is 31.3 Å². The van der Waals surface area contributed by atoms with Crippen LogP contribution in [0.5, 0.6) is 11.5 Å². The van der Waals surface area contributed by atoms with E-state index in [1.165, 1.54) is 18.2 Å². The molecule has 1 aliphatic heterocycles. The molecule has 0 saturated carbocycles. The van der Waals surface area contributed by atoms with Crippen molar-refractivity contribution in [3.63, 3.8) is 0 Å². The molecule has 0 aromatic heterocycles. The van der Waals surface area contributed by atoms with Gasteiger partial charge in [0, 0.05) is 12.6 Å². The smallest absolute Gasteiger partial charge is 0.244 e. The largest absolute Gasteiger partial charge is 0.486 e. The van der Waals surface area contributed by atoms with E-state index in [-0.39, 0.29) is 11.7 Å². The summed E-state index contributed by atoms with van der Waals surface area (Å²) in [5.41, 5.74) is 1.69. The third-order valence-electron chi connectivity index (χ3n) is 3.37. The van der Waals surface area contributed by atoms with Gasteiger partial charge in [-0.3, -0.25) is 4.79 Å². The molecule has 23 heavy (non-hydrogen) atoms. The normalized spacial score (nSPS) is 13.1. The average molecular weight is 313 g/mol. The Morgan fingerprint density at radius 2 is 1.83 bits per heavy atom. The van der Waals surface area contributed by atoms with Crippen LogP contribution in [0.1, 0.15) is 11.1 Å². The number of rotatable bonds is 4. The number of nitrogens with one attached hydrogen (secondary N) is 1. The zero-order valence-corrected chi connectivity index (χ0v) is 12.4. The first-order chi connectivity index (χ1) is 11.2. The maximum atomic E-state index is 12.8. The summed E-state index contributed by atoms with van der Waals surface area (Å²) in [6.07, 6.45) is 3.16. The number of benzene rings is 2. The maximum absolute atomic E-state index is 12.8. The molecule has 5 heteroatoms. The summed E-state index contributed by atoms with van der Waals surface area (Å²) in [4.78, 5) is 11.8. The Hall–Kier alpha value is -2.82. The summed E-state index contributed by atoms with van der Waals surface area (Å²) in [6.45, 7) is 1.43. The van der Waals surface area contributed by atoms with Crippen LogP contribution < -0.4 is 14.8 Å². The van der Waals surface area contributed by atoms with Crippen LogP contribution in [0.25, 0.3) is 6.08 Å². The van der Waals surface area contributed by atoms with Gasteiger partial charge in [0.1, 0.15) is 19.0 Å². The average Bonchev–Trinajstić information content (AvgIpc) is 2.59. The quantitative estimate of drug-likeness (QED) is 0.883. The topological polar surface area (TPSA) is 47.6 Å². The van der Waals surface area contributed by atoms with E-state index in [9.17, 15) is 9.18 Å². The van der Waals surface area contributed by atoms with Crippen molar-refractivity contribution in [2.75, 3.05) is 13.2 Å². The second-order valence-electron chi connectivity index (χ2n) is 5.08. The van der Waals surface area contributed by atoms with E-state index in [1.807, 2.05) is 18.2 Å². The van der Waals surface area contributed by atoms with E-state index in [1.54, 1.807) is 18.2 Å². The van der Waals surface area contributed by atoms with Crippen molar-refractivity contribution in [3.05, 3.63) is 65.5 Å². The van der Waals surface area contributed by atoms with Crippen molar-refractivity contribution in [1.82, 2.24) is 5.32 Å². The molecule has 1 N–H and O–H groups in total. The molecular formula is C18H16FNO3. The SMILES string of the molecule is O=C(C=Cc1ccc2c(c1)OCCO2)NCc1ccc(F)cc1. The molecular weight excluding hydrogens is 297 g/mol. The van der Waals surface area contributed by atoms with Crippen molar-refractivity contribution in [2.24, 2.45) is 0 Å². The van der Waals surface area contributed by atoms with Crippen LogP contribution >= 0.6 is 0 Å². The van der Waals surface area contributed by atoms with Crippen LogP contribution in [-0.2, 0) is 11.3 Å². The molecule has 1 aliphatic rings. The predicted molar refractivity (Wildman–Crippen MR) is 84.7 cm³/mol. The highest BCUT2D eigenvalue weighted by molar-refractivity contribution is 5.91. The van der Waals surface area contributed by atoms with E-state index in [0.717, 1.165) is 11.1 Å². The molecule has 0 unspecified atom stereocenters. The fourth-order valence-corrected chi connectivity index (χ4v) is 2.19. The lowest BCUT2D eigenvalue weighted by Crippen LogP contribution is -2.20. The molecule has 0 spiro atoms. The van der Waals surface area contributed by atoms with Crippen LogP contribution in [0.2, 0.25) is 0 Å². The van der Waals surface area contributed by atoms with Gasteiger partial charge in [-0.1, -0.05) is 18.2 Å². The van der Waals surface area contributed by atoms with Gasteiger partial charge in [0.25, 0.3) is 0 Å². The van der Waals surface area contributed by atoms with E-state index >= 15 is 0 Å². The van der Waals surface area contributed by atoms with Gasteiger partial charge in [-0.05, 0) is 41.5 Å². The standard InChI is InChI=1S/C18H16FNO3/c19-15-5-1-14(2-6-15)12-20-18(21)8-4-13-3-7-16-17(11-13)23-10-9-22-16/h1-8,11H,9-10,12H2,(H,20,21). The molecule has 3 rings (SSSR count). The Labute approximate surface area is 133 Å². The van der Waals surface area contributed by atoms with E-state index in [2.05, 4.69) is 5.32 Å². The fourth-order valence-electron chi connectivity index (χ4n) is 2.19. The highest BCUT2D eigenvalue weighted by Crippen LogP contribution is 2.31. The molecule has 0 fully saturated rings. The Morgan fingerprint density at radius 3 is 2.61 bits per heavy atom. The lowest BCUT2D eigenvalue weighted by molar-refractivity contribution is -0.116. The molecule has 0 radical (unpaired) electrons. The van der Waals surface area contributed by atoms with Crippen LogP contribution in [0.4, 0.5) is 4.39 Å². The van der Waals surface area contributed by atoms with Gasteiger partial charge in [-0.15, -0.1) is 0 Å². The highest BCUT2D eigenvalue weighted by Gasteiger charge is 2.10. The molecule has 1 heterocycles. The number of halogens is 1. The second kappa shape index (κ2) is 6.96. The fraction of sp³-hybridized carbons (Fsp3) is 0.167. The first-order valence-corrected chi connectivity index (χ1v) is 7.31. The number of hydrogen-bond donors (Lipinski definition) is 1. The molecule has 2 aromatic rings. The molecule has 0 saturated heterocycles. The lowest BCUT2D eigenvalue weighted by Gasteiger charge is -2.18. The zero-order valence-electron chi connectivity index (χ0n) is 12.4. The number of ether oxygens (including phenoxy) is 2. The molecule has 0 aliphatic carbocycles. The summed E-state index contributed by atoms with van der Waals surface area (Å²) < 4.78 is 23.7. The van der Waals surface area contributed by atoms with E-state index in [4.69, 9.17) is 9.47 Å². The van der Waals surface area contributed by atoms with Gasteiger partial charge in [0.15, 0.2) is 11.5 Å². The summed E-state index contributed by atoms with van der Waals surface area (Å²) in [7, 11) is 0. The first-order valence-electron chi connectivity index (χ1n) is 7.31. The van der Waals surface area contributed by atoms with Crippen molar-refractivity contribution in [3.8, 4) is 11.5 Å². The van der Waals surface area contributed by atoms with Crippen molar-refractivity contribution in [1.29, 1.82) is 0 Å². The van der Waals surface area contributed by atoms with Crippen LogP contribution in [0, 0.1) is 5.82 Å². The summed E-state index contributed by atoms with van der Waals surface area (Å²) >= 11 is 0. The predicted octanol–water partition coefficient (Wildman–Crippen LogP) is 2.93. The minimum Gasteiger partial charge on any atom is -0.486 e. The first kappa shape index (κ1) is 15.1. The molecule has 0 atom stereocenters. The van der Waals surface area contributed by atoms with Gasteiger partial charge in [-0.25, -0.2) is 4.39 Å². The van der Waals surface area contributed by atoms with Crippen molar-refractivity contribution >= 4 is 12.0 Å². The summed E-state index contributed by atoms with van der Waals surface area (Å²) in [5.74, 6) is 0.891. The van der Waals surface area contributed by atoms with Gasteiger partial charge in [0.05, 0.1) is 0 Å². The zero-order chi connectivity index (χ0) is 16.1. The minimum atomic E-state index is -0.293. The molecule has 2 aromatic carbocycles. The summed E-state index contributed by atoms with van der Waals surface area (Å²) in [5, 5.41) is 2.75. The Morgan fingerprint density at radius 1 is 1.09 bits per heavy atom. The molecule has 1 amide bonds.